The van der Waals surface area contributed by atoms with E-state index in [1.807, 2.05) is 0 Å². The van der Waals surface area contributed by atoms with Crippen LogP contribution in [0.4, 0.5) is 19.0 Å². The van der Waals surface area contributed by atoms with Gasteiger partial charge in [0, 0.05) is 12.3 Å². The van der Waals surface area contributed by atoms with Crippen LogP contribution in [-0.2, 0) is 4.74 Å². The number of halogens is 3. The lowest BCUT2D eigenvalue weighted by Crippen LogP contribution is -2.12. The summed E-state index contributed by atoms with van der Waals surface area (Å²) < 4.78 is 40.0. The number of esters is 1. The topological polar surface area (TPSA) is 64.1 Å². The maximum atomic E-state index is 11.8. The van der Waals surface area contributed by atoms with Gasteiger partial charge in [-0.05, 0) is 11.8 Å². The molecule has 9 heteroatoms. The number of methoxy groups -OCH3 is 1. The van der Waals surface area contributed by atoms with Crippen molar-refractivity contribution in [2.45, 2.75) is 5.51 Å². The van der Waals surface area contributed by atoms with E-state index in [1.165, 1.54) is 19.5 Å². The molecule has 0 bridgehead atoms. The van der Waals surface area contributed by atoms with Gasteiger partial charge in [0.25, 0.3) is 0 Å². The van der Waals surface area contributed by atoms with Gasteiger partial charge in [-0.15, -0.1) is 0 Å². The molecule has 0 unspecified atom stereocenters. The molecule has 0 aliphatic carbocycles. The van der Waals surface area contributed by atoms with Gasteiger partial charge in [-0.3, -0.25) is 4.98 Å². The average Bonchev–Trinajstić information content (AvgIpc) is 2.33. The lowest BCUT2D eigenvalue weighted by molar-refractivity contribution is -0.0327. The Labute approximate surface area is 105 Å². The van der Waals surface area contributed by atoms with Crippen LogP contribution in [0.5, 0.6) is 0 Å². The van der Waals surface area contributed by atoms with Crippen LogP contribution in [0, 0.1) is 0 Å². The number of alkyl halides is 3. The van der Waals surface area contributed by atoms with E-state index in [4.69, 9.17) is 0 Å². The number of anilines is 1. The number of nitrogens with one attached hydrogen (secondary N) is 1. The van der Waals surface area contributed by atoms with Gasteiger partial charge in [0.2, 0.25) is 0 Å². The Kier molecular flexibility index (Phi) is 5.20. The zero-order chi connectivity index (χ0) is 13.6. The van der Waals surface area contributed by atoms with Crippen molar-refractivity contribution < 1.29 is 22.7 Å². The molecule has 5 nitrogen and oxygen atoms in total. The zero-order valence-corrected chi connectivity index (χ0v) is 10.1. The second kappa shape index (κ2) is 6.43. The van der Waals surface area contributed by atoms with Crippen LogP contribution in [0.25, 0.3) is 0 Å². The largest absolute Gasteiger partial charge is 0.464 e. The summed E-state index contributed by atoms with van der Waals surface area (Å²) in [6.07, 6.45) is 2.52. The molecule has 0 radical (unpaired) electrons. The maximum absolute atomic E-state index is 11.8. The quantitative estimate of drug-likeness (QED) is 0.657. The highest BCUT2D eigenvalue weighted by atomic mass is 32.2. The molecule has 0 saturated heterocycles. The fourth-order valence-electron chi connectivity index (χ4n) is 1.000. The molecule has 0 aliphatic rings. The summed E-state index contributed by atoms with van der Waals surface area (Å²) in [7, 11) is 1.20. The SMILES string of the molecule is COC(=O)c1cncc(NCCSC(F)(F)F)n1. The molecule has 1 rings (SSSR count). The number of thioether (sulfide) groups is 1. The summed E-state index contributed by atoms with van der Waals surface area (Å²) in [6, 6.07) is 0. The van der Waals surface area contributed by atoms with Crippen LogP contribution < -0.4 is 5.32 Å². The van der Waals surface area contributed by atoms with E-state index in [2.05, 4.69) is 20.0 Å². The van der Waals surface area contributed by atoms with Crippen molar-refractivity contribution in [3.05, 3.63) is 18.1 Å². The number of carbonyl (C=O) groups is 1. The smallest absolute Gasteiger partial charge is 0.441 e. The summed E-state index contributed by atoms with van der Waals surface area (Å²) in [5.74, 6) is -0.593. The third kappa shape index (κ3) is 5.21. The predicted molar refractivity (Wildman–Crippen MR) is 60.4 cm³/mol. The summed E-state index contributed by atoms with van der Waals surface area (Å²) in [5, 5.41) is 2.63. The van der Waals surface area contributed by atoms with Gasteiger partial charge in [0.05, 0.1) is 19.5 Å². The van der Waals surface area contributed by atoms with E-state index in [0.29, 0.717) is 0 Å². The van der Waals surface area contributed by atoms with E-state index in [-0.39, 0.29) is 35.6 Å². The number of hydrogen-bond donors (Lipinski definition) is 1. The number of rotatable bonds is 5. The second-order valence-electron chi connectivity index (χ2n) is 3.00. The highest BCUT2D eigenvalue weighted by molar-refractivity contribution is 8.00. The Morgan fingerprint density at radius 3 is 2.83 bits per heavy atom. The normalized spacial score (nSPS) is 11.1. The van der Waals surface area contributed by atoms with Crippen molar-refractivity contribution >= 4 is 23.5 Å². The van der Waals surface area contributed by atoms with Crippen LogP contribution in [-0.4, -0.2) is 40.9 Å². The monoisotopic (exact) mass is 281 g/mol. The molecule has 100 valence electrons. The second-order valence-corrected chi connectivity index (χ2v) is 4.16. The number of hydrogen-bond acceptors (Lipinski definition) is 6. The zero-order valence-electron chi connectivity index (χ0n) is 9.32. The third-order valence-electron chi connectivity index (χ3n) is 1.70. The van der Waals surface area contributed by atoms with Gasteiger partial charge in [-0.25, -0.2) is 9.78 Å². The van der Waals surface area contributed by atoms with Gasteiger partial charge in [-0.2, -0.15) is 13.2 Å². The van der Waals surface area contributed by atoms with Crippen molar-refractivity contribution in [2.24, 2.45) is 0 Å². The summed E-state index contributed by atoms with van der Waals surface area (Å²) in [4.78, 5) is 18.7. The highest BCUT2D eigenvalue weighted by Crippen LogP contribution is 2.29. The molecule has 0 atom stereocenters. The van der Waals surface area contributed by atoms with Crippen molar-refractivity contribution in [3.8, 4) is 0 Å². The van der Waals surface area contributed by atoms with Crippen molar-refractivity contribution in [3.63, 3.8) is 0 Å². The predicted octanol–water partition coefficient (Wildman–Crippen LogP) is 1.93. The van der Waals surface area contributed by atoms with Crippen LogP contribution in [0.15, 0.2) is 12.4 Å². The van der Waals surface area contributed by atoms with Crippen LogP contribution in [0.3, 0.4) is 0 Å². The highest BCUT2D eigenvalue weighted by Gasteiger charge is 2.27. The summed E-state index contributed by atoms with van der Waals surface area (Å²) >= 11 is -0.134. The standard InChI is InChI=1S/C9H10F3N3O2S/c1-17-8(16)6-4-13-5-7(15-6)14-2-3-18-9(10,11)12/h4-5H,2-3H2,1H3,(H,14,15). The molecule has 1 aromatic heterocycles. The minimum Gasteiger partial charge on any atom is -0.464 e. The van der Waals surface area contributed by atoms with Gasteiger partial charge >= 0.3 is 11.5 Å². The molecule has 18 heavy (non-hydrogen) atoms. The molecule has 0 saturated carbocycles. The molecule has 0 spiro atoms. The van der Waals surface area contributed by atoms with Gasteiger partial charge in [-0.1, -0.05) is 0 Å². The average molecular weight is 281 g/mol. The Balaban J connectivity index is 2.45. The molecule has 1 aromatic rings. The molecular formula is C9H10F3N3O2S. The number of ether oxygens (including phenoxy) is 1. The summed E-state index contributed by atoms with van der Waals surface area (Å²) in [6.45, 7) is 0.0590. The van der Waals surface area contributed by atoms with Crippen LogP contribution in [0.1, 0.15) is 10.5 Å². The first-order chi connectivity index (χ1) is 8.42. The Morgan fingerprint density at radius 1 is 1.50 bits per heavy atom. The first-order valence-electron chi connectivity index (χ1n) is 4.77. The van der Waals surface area contributed by atoms with Gasteiger partial charge in [0.15, 0.2) is 5.69 Å². The fraction of sp³-hybridized carbons (Fsp3) is 0.444. The van der Waals surface area contributed by atoms with E-state index in [9.17, 15) is 18.0 Å². The summed E-state index contributed by atoms with van der Waals surface area (Å²) in [5.41, 5.74) is -4.26. The fourth-order valence-corrected chi connectivity index (χ4v) is 1.44. The minimum atomic E-state index is -4.25. The Bertz CT molecular complexity index is 414. The van der Waals surface area contributed by atoms with E-state index < -0.39 is 11.5 Å². The molecule has 0 amide bonds. The van der Waals surface area contributed by atoms with Crippen LogP contribution >= 0.6 is 11.8 Å². The molecule has 0 aliphatic heterocycles. The lowest BCUT2D eigenvalue weighted by Gasteiger charge is -2.07. The number of aromatic nitrogens is 2. The molecular weight excluding hydrogens is 271 g/mol. The van der Waals surface area contributed by atoms with Gasteiger partial charge in [0.1, 0.15) is 5.82 Å². The van der Waals surface area contributed by atoms with Gasteiger partial charge < -0.3 is 10.1 Å². The van der Waals surface area contributed by atoms with E-state index >= 15 is 0 Å². The van der Waals surface area contributed by atoms with Crippen LogP contribution in [0.2, 0.25) is 0 Å². The third-order valence-corrected chi connectivity index (χ3v) is 2.44. The van der Waals surface area contributed by atoms with Crippen molar-refractivity contribution in [2.75, 3.05) is 24.7 Å². The van der Waals surface area contributed by atoms with Crippen molar-refractivity contribution in [1.29, 1.82) is 0 Å². The Hall–Kier alpha value is -1.51. The minimum absolute atomic E-state index is 0.00836. The van der Waals surface area contributed by atoms with E-state index in [1.54, 1.807) is 0 Å². The molecule has 1 N–H and O–H groups in total. The first-order valence-corrected chi connectivity index (χ1v) is 5.76. The van der Waals surface area contributed by atoms with Crippen molar-refractivity contribution in [1.82, 2.24) is 9.97 Å². The molecule has 0 fully saturated rings. The number of nitrogens with zero attached hydrogens (tertiary/aromatic N) is 2. The molecule has 1 heterocycles. The first kappa shape index (κ1) is 14.6. The molecule has 0 aromatic carbocycles. The lowest BCUT2D eigenvalue weighted by atomic mass is 10.4. The Morgan fingerprint density at radius 2 is 2.22 bits per heavy atom. The van der Waals surface area contributed by atoms with E-state index in [0.717, 1.165) is 0 Å². The maximum Gasteiger partial charge on any atom is 0.441 e. The number of carbonyl (C=O) groups excluding carboxylic acids is 1.